The van der Waals surface area contributed by atoms with Crippen LogP contribution in [0.3, 0.4) is 0 Å². The molecule has 0 bridgehead atoms. The fourth-order valence-electron chi connectivity index (χ4n) is 3.36. The van der Waals surface area contributed by atoms with Gasteiger partial charge in [-0.3, -0.25) is 4.98 Å². The predicted octanol–water partition coefficient (Wildman–Crippen LogP) is 6.09. The van der Waals surface area contributed by atoms with Crippen LogP contribution in [0.15, 0.2) is 41.9 Å². The van der Waals surface area contributed by atoms with Crippen LogP contribution in [0, 0.1) is 13.8 Å². The molecule has 1 N–H and O–H groups in total. The van der Waals surface area contributed by atoms with Gasteiger partial charge in [-0.2, -0.15) is 0 Å². The summed E-state index contributed by atoms with van der Waals surface area (Å²) >= 11 is 1.70. The molecule has 3 heterocycles. The summed E-state index contributed by atoms with van der Waals surface area (Å²) in [5.41, 5.74) is 8.21. The number of pyridine rings is 1. The molecule has 0 radical (unpaired) electrons. The molecule has 4 aromatic rings. The zero-order valence-electron chi connectivity index (χ0n) is 14.9. The first kappa shape index (κ1) is 16.0. The molecule has 0 spiro atoms. The number of aromatic nitrogens is 3. The van der Waals surface area contributed by atoms with Crippen LogP contribution in [-0.4, -0.2) is 15.0 Å². The van der Waals surface area contributed by atoms with E-state index in [4.69, 9.17) is 0 Å². The Bertz CT molecular complexity index is 1060. The van der Waals surface area contributed by atoms with E-state index >= 15 is 0 Å². The van der Waals surface area contributed by atoms with E-state index in [0.717, 1.165) is 16.4 Å². The molecule has 1 aromatic carbocycles. The van der Waals surface area contributed by atoms with E-state index in [1.807, 2.05) is 20.0 Å². The number of hydrogen-bond donors (Lipinski definition) is 1. The molecule has 3 aromatic heterocycles. The van der Waals surface area contributed by atoms with Crippen LogP contribution in [0.25, 0.3) is 32.7 Å². The molecule has 0 aliphatic carbocycles. The van der Waals surface area contributed by atoms with Gasteiger partial charge in [0.15, 0.2) is 0 Å². The highest BCUT2D eigenvalue weighted by atomic mass is 32.1. The van der Waals surface area contributed by atoms with E-state index in [1.54, 1.807) is 11.3 Å². The lowest BCUT2D eigenvalue weighted by Gasteiger charge is -2.09. The first-order valence-corrected chi connectivity index (χ1v) is 9.42. The molecule has 0 atom stereocenters. The van der Waals surface area contributed by atoms with Gasteiger partial charge in [-0.25, -0.2) is 4.98 Å². The van der Waals surface area contributed by atoms with Gasteiger partial charge in [0.05, 0.1) is 5.69 Å². The van der Waals surface area contributed by atoms with E-state index in [2.05, 4.69) is 64.5 Å². The molecule has 0 aliphatic rings. The smallest absolute Gasteiger partial charge is 0.123 e. The van der Waals surface area contributed by atoms with Crippen molar-refractivity contribution in [3.8, 4) is 21.8 Å². The van der Waals surface area contributed by atoms with Crippen molar-refractivity contribution < 1.29 is 0 Å². The number of aryl methyl sites for hydroxylation is 2. The molecule has 4 rings (SSSR count). The van der Waals surface area contributed by atoms with Crippen LogP contribution < -0.4 is 0 Å². The summed E-state index contributed by atoms with van der Waals surface area (Å²) in [4.78, 5) is 12.6. The Morgan fingerprint density at radius 3 is 2.52 bits per heavy atom. The molecule has 0 fully saturated rings. The predicted molar refractivity (Wildman–Crippen MR) is 106 cm³/mol. The summed E-state index contributed by atoms with van der Waals surface area (Å²) < 4.78 is 0. The van der Waals surface area contributed by atoms with Gasteiger partial charge in [-0.05, 0) is 55.7 Å². The van der Waals surface area contributed by atoms with Crippen molar-refractivity contribution in [2.45, 2.75) is 33.6 Å². The Hall–Kier alpha value is -2.46. The molecule has 0 amide bonds. The van der Waals surface area contributed by atoms with Gasteiger partial charge in [0.2, 0.25) is 0 Å². The fourth-order valence-corrected chi connectivity index (χ4v) is 4.16. The average Bonchev–Trinajstić information content (AvgIpc) is 3.17. The number of benzene rings is 1. The van der Waals surface area contributed by atoms with Crippen molar-refractivity contribution in [3.63, 3.8) is 0 Å². The lowest BCUT2D eigenvalue weighted by atomic mass is 9.95. The molecule has 25 heavy (non-hydrogen) atoms. The third-order valence-electron chi connectivity index (χ3n) is 4.47. The highest BCUT2D eigenvalue weighted by Crippen LogP contribution is 2.37. The SMILES string of the molecule is Cc1cc(-c2[nH]c3ccc(-c4nc(C)cs4)cc3c2C(C)C)ccn1. The van der Waals surface area contributed by atoms with Crippen molar-refractivity contribution in [3.05, 3.63) is 58.9 Å². The zero-order valence-corrected chi connectivity index (χ0v) is 15.7. The number of fused-ring (bicyclic) bond motifs is 1. The largest absolute Gasteiger partial charge is 0.354 e. The first-order valence-electron chi connectivity index (χ1n) is 8.54. The van der Waals surface area contributed by atoms with Gasteiger partial charge in [0.1, 0.15) is 5.01 Å². The van der Waals surface area contributed by atoms with Gasteiger partial charge in [0, 0.05) is 45.0 Å². The Morgan fingerprint density at radius 1 is 1.00 bits per heavy atom. The third-order valence-corrected chi connectivity index (χ3v) is 5.48. The number of nitrogens with zero attached hydrogens (tertiary/aromatic N) is 2. The van der Waals surface area contributed by atoms with E-state index < -0.39 is 0 Å². The van der Waals surface area contributed by atoms with Crippen molar-refractivity contribution in [1.82, 2.24) is 15.0 Å². The minimum atomic E-state index is 0.422. The van der Waals surface area contributed by atoms with E-state index in [9.17, 15) is 0 Å². The van der Waals surface area contributed by atoms with Gasteiger partial charge in [-0.1, -0.05) is 13.8 Å². The van der Waals surface area contributed by atoms with Gasteiger partial charge >= 0.3 is 0 Å². The summed E-state index contributed by atoms with van der Waals surface area (Å²) in [6.07, 6.45) is 1.88. The third kappa shape index (κ3) is 2.87. The summed E-state index contributed by atoms with van der Waals surface area (Å²) in [6, 6.07) is 10.8. The first-order chi connectivity index (χ1) is 12.0. The second-order valence-corrected chi connectivity index (χ2v) is 7.67. The topological polar surface area (TPSA) is 41.6 Å². The molecule has 126 valence electrons. The molecule has 0 saturated heterocycles. The van der Waals surface area contributed by atoms with Crippen LogP contribution in [0.5, 0.6) is 0 Å². The van der Waals surface area contributed by atoms with E-state index in [1.165, 1.54) is 33.3 Å². The lowest BCUT2D eigenvalue weighted by Crippen LogP contribution is -1.91. The van der Waals surface area contributed by atoms with Gasteiger partial charge in [-0.15, -0.1) is 11.3 Å². The van der Waals surface area contributed by atoms with E-state index in [-0.39, 0.29) is 0 Å². The van der Waals surface area contributed by atoms with Crippen molar-refractivity contribution >= 4 is 22.2 Å². The van der Waals surface area contributed by atoms with Crippen LogP contribution in [0.1, 0.15) is 36.7 Å². The standard InChI is InChI=1S/C21H21N3S/c1-12(2)19-17-10-16(21-23-14(4)11-25-21)5-6-18(17)24-20(19)15-7-8-22-13(3)9-15/h5-12,24H,1-4H3. The average molecular weight is 347 g/mol. The maximum atomic E-state index is 4.64. The summed E-state index contributed by atoms with van der Waals surface area (Å²) in [5, 5.41) is 4.46. The number of aromatic amines is 1. The Kier molecular flexibility index (Phi) is 3.92. The molecular formula is C21H21N3S. The number of H-pyrrole nitrogens is 1. The highest BCUT2D eigenvalue weighted by Gasteiger charge is 2.17. The minimum Gasteiger partial charge on any atom is -0.354 e. The lowest BCUT2D eigenvalue weighted by molar-refractivity contribution is 0.878. The second-order valence-electron chi connectivity index (χ2n) is 6.81. The Labute approximate surface area is 151 Å². The van der Waals surface area contributed by atoms with Gasteiger partial charge in [0.25, 0.3) is 0 Å². The minimum absolute atomic E-state index is 0.422. The summed E-state index contributed by atoms with van der Waals surface area (Å²) in [6.45, 7) is 8.57. The molecule has 3 nitrogen and oxygen atoms in total. The quantitative estimate of drug-likeness (QED) is 0.487. The normalized spacial score (nSPS) is 11.6. The zero-order chi connectivity index (χ0) is 17.6. The number of nitrogens with one attached hydrogen (secondary N) is 1. The van der Waals surface area contributed by atoms with Crippen LogP contribution >= 0.6 is 11.3 Å². The molecule has 0 saturated carbocycles. The van der Waals surface area contributed by atoms with Crippen LogP contribution in [0.2, 0.25) is 0 Å². The van der Waals surface area contributed by atoms with Crippen molar-refractivity contribution in [1.29, 1.82) is 0 Å². The Balaban J connectivity index is 1.95. The summed E-state index contributed by atoms with van der Waals surface area (Å²) in [5.74, 6) is 0.422. The van der Waals surface area contributed by atoms with Crippen molar-refractivity contribution in [2.24, 2.45) is 0 Å². The molecule has 0 aliphatic heterocycles. The maximum absolute atomic E-state index is 4.64. The van der Waals surface area contributed by atoms with Gasteiger partial charge < -0.3 is 4.98 Å². The number of hydrogen-bond acceptors (Lipinski definition) is 3. The van der Waals surface area contributed by atoms with Crippen LogP contribution in [0.4, 0.5) is 0 Å². The van der Waals surface area contributed by atoms with Crippen LogP contribution in [-0.2, 0) is 0 Å². The highest BCUT2D eigenvalue weighted by molar-refractivity contribution is 7.13. The molecule has 0 unspecified atom stereocenters. The molecule has 4 heteroatoms. The maximum Gasteiger partial charge on any atom is 0.123 e. The Morgan fingerprint density at radius 2 is 1.84 bits per heavy atom. The van der Waals surface area contributed by atoms with E-state index in [0.29, 0.717) is 5.92 Å². The van der Waals surface area contributed by atoms with Crippen molar-refractivity contribution in [2.75, 3.05) is 0 Å². The fraction of sp³-hybridized carbons (Fsp3) is 0.238. The molecular weight excluding hydrogens is 326 g/mol. The number of rotatable bonds is 3. The number of thiazole rings is 1. The summed E-state index contributed by atoms with van der Waals surface area (Å²) in [7, 11) is 0. The monoisotopic (exact) mass is 347 g/mol. The second kappa shape index (κ2) is 6.12.